The van der Waals surface area contributed by atoms with Crippen molar-refractivity contribution in [3.05, 3.63) is 66.4 Å². The van der Waals surface area contributed by atoms with E-state index >= 15 is 0 Å². The predicted octanol–water partition coefficient (Wildman–Crippen LogP) is 4.55. The van der Waals surface area contributed by atoms with Crippen LogP contribution in [0.1, 0.15) is 39.7 Å². The van der Waals surface area contributed by atoms with Crippen molar-refractivity contribution in [1.82, 2.24) is 9.88 Å². The van der Waals surface area contributed by atoms with Gasteiger partial charge in [-0.15, -0.1) is 0 Å². The van der Waals surface area contributed by atoms with Crippen LogP contribution in [0.4, 0.5) is 5.69 Å². The van der Waals surface area contributed by atoms with E-state index in [9.17, 15) is 14.4 Å². The number of aromatic amines is 1. The molecule has 0 spiro atoms. The van der Waals surface area contributed by atoms with Gasteiger partial charge in [0.1, 0.15) is 6.04 Å². The predicted molar refractivity (Wildman–Crippen MR) is 132 cm³/mol. The highest BCUT2D eigenvalue weighted by molar-refractivity contribution is 6.23. The molecule has 2 aliphatic rings. The summed E-state index contributed by atoms with van der Waals surface area (Å²) in [6.45, 7) is 8.79. The number of amides is 3. The Morgan fingerprint density at radius 1 is 1.00 bits per heavy atom. The summed E-state index contributed by atoms with van der Waals surface area (Å²) in [5.41, 5.74) is 2.37. The van der Waals surface area contributed by atoms with Crippen LogP contribution in [0.15, 0.2) is 60.8 Å². The average Bonchev–Trinajstić information content (AvgIpc) is 3.12. The van der Waals surface area contributed by atoms with Crippen LogP contribution in [-0.2, 0) is 20.8 Å². The molecule has 1 aromatic heterocycles. The number of carbonyl (C=O) groups is 3. The van der Waals surface area contributed by atoms with E-state index in [1.165, 1.54) is 4.90 Å². The monoisotopic (exact) mass is 457 g/mol. The second-order valence-corrected chi connectivity index (χ2v) is 10.6. The molecule has 0 radical (unpaired) electrons. The van der Waals surface area contributed by atoms with E-state index in [1.54, 1.807) is 29.2 Å². The highest BCUT2D eigenvalue weighted by Crippen LogP contribution is 2.69. The number of H-pyrrole nitrogens is 1. The van der Waals surface area contributed by atoms with Crippen LogP contribution < -0.4 is 4.90 Å². The first-order valence-electron chi connectivity index (χ1n) is 11.9. The lowest BCUT2D eigenvalue weighted by Gasteiger charge is -2.28. The summed E-state index contributed by atoms with van der Waals surface area (Å²) in [5, 5.41) is 1.11. The van der Waals surface area contributed by atoms with Gasteiger partial charge in [-0.05, 0) is 41.0 Å². The zero-order chi connectivity index (χ0) is 24.3. The van der Waals surface area contributed by atoms with Crippen LogP contribution in [0.3, 0.4) is 0 Å². The molecule has 1 aliphatic carbocycles. The average molecular weight is 458 g/mol. The van der Waals surface area contributed by atoms with Crippen molar-refractivity contribution < 1.29 is 14.4 Å². The maximum Gasteiger partial charge on any atom is 0.257 e. The largest absolute Gasteiger partial charge is 0.361 e. The molecule has 6 nitrogen and oxygen atoms in total. The number of anilines is 1. The molecule has 3 amide bonds. The van der Waals surface area contributed by atoms with Gasteiger partial charge in [0.15, 0.2) is 0 Å². The fourth-order valence-corrected chi connectivity index (χ4v) is 5.69. The van der Waals surface area contributed by atoms with E-state index in [4.69, 9.17) is 0 Å². The van der Waals surface area contributed by atoms with Gasteiger partial charge in [0, 0.05) is 29.6 Å². The molecule has 1 atom stereocenters. The lowest BCUT2D eigenvalue weighted by atomic mass is 10.0. The number of carbonyl (C=O) groups excluding carboxylic acids is 3. The van der Waals surface area contributed by atoms with E-state index in [-0.39, 0.29) is 40.9 Å². The summed E-state index contributed by atoms with van der Waals surface area (Å²) in [5.74, 6) is -0.798. The SMILES string of the molecule is CC1(C)C(C(=O)N(CCc2c[nH]c3ccccc23)C2CC(=O)N(c3ccccc3)C2=O)C1(C)C. The third-order valence-electron chi connectivity index (χ3n) is 8.36. The highest BCUT2D eigenvalue weighted by Gasteiger charge is 2.69. The summed E-state index contributed by atoms with van der Waals surface area (Å²) >= 11 is 0. The molecule has 3 aromatic rings. The quantitative estimate of drug-likeness (QED) is 0.552. The maximum atomic E-state index is 13.9. The Labute approximate surface area is 199 Å². The van der Waals surface area contributed by atoms with E-state index < -0.39 is 6.04 Å². The number of rotatable bonds is 6. The van der Waals surface area contributed by atoms with Gasteiger partial charge in [-0.3, -0.25) is 14.4 Å². The zero-order valence-corrected chi connectivity index (χ0v) is 20.2. The van der Waals surface area contributed by atoms with Crippen LogP contribution in [0.2, 0.25) is 0 Å². The number of hydrogen-bond acceptors (Lipinski definition) is 3. The Morgan fingerprint density at radius 3 is 2.32 bits per heavy atom. The van der Waals surface area contributed by atoms with E-state index in [0.717, 1.165) is 16.5 Å². The minimum absolute atomic E-state index is 0.0148. The number of hydrogen-bond donors (Lipinski definition) is 1. The smallest absolute Gasteiger partial charge is 0.257 e. The number of nitrogens with one attached hydrogen (secondary N) is 1. The number of aromatic nitrogens is 1. The third-order valence-corrected chi connectivity index (χ3v) is 8.36. The fourth-order valence-electron chi connectivity index (χ4n) is 5.69. The summed E-state index contributed by atoms with van der Waals surface area (Å²) in [7, 11) is 0. The van der Waals surface area contributed by atoms with Gasteiger partial charge >= 0.3 is 0 Å². The highest BCUT2D eigenvalue weighted by atomic mass is 16.2. The number of para-hydroxylation sites is 2. The van der Waals surface area contributed by atoms with Crippen molar-refractivity contribution in [1.29, 1.82) is 0 Å². The second-order valence-electron chi connectivity index (χ2n) is 10.6. The first kappa shape index (κ1) is 22.4. The Kier molecular flexibility index (Phi) is 5.15. The summed E-state index contributed by atoms with van der Waals surface area (Å²) in [6, 6.07) is 16.2. The minimum atomic E-state index is -0.780. The Hall–Kier alpha value is -3.41. The van der Waals surface area contributed by atoms with Crippen LogP contribution in [-0.4, -0.2) is 40.2 Å². The normalized spacial score (nSPS) is 21.3. The van der Waals surface area contributed by atoms with Crippen LogP contribution in [0, 0.1) is 16.7 Å². The van der Waals surface area contributed by atoms with Crippen molar-refractivity contribution in [2.75, 3.05) is 11.4 Å². The van der Waals surface area contributed by atoms with Gasteiger partial charge < -0.3 is 9.88 Å². The number of nitrogens with zero attached hydrogens (tertiary/aromatic N) is 2. The molecule has 5 rings (SSSR count). The van der Waals surface area contributed by atoms with E-state index in [0.29, 0.717) is 18.7 Å². The van der Waals surface area contributed by atoms with Gasteiger partial charge in [0.05, 0.1) is 12.1 Å². The molecular formula is C28H31N3O3. The van der Waals surface area contributed by atoms with Crippen LogP contribution >= 0.6 is 0 Å². The lowest BCUT2D eigenvalue weighted by molar-refractivity contribution is -0.140. The fraction of sp³-hybridized carbons (Fsp3) is 0.393. The lowest BCUT2D eigenvalue weighted by Crippen LogP contribution is -2.47. The van der Waals surface area contributed by atoms with Gasteiger partial charge in [-0.2, -0.15) is 0 Å². The van der Waals surface area contributed by atoms with Gasteiger partial charge in [0.2, 0.25) is 11.8 Å². The molecule has 2 aromatic carbocycles. The van der Waals surface area contributed by atoms with E-state index in [1.807, 2.05) is 30.5 Å². The van der Waals surface area contributed by atoms with Crippen LogP contribution in [0.5, 0.6) is 0 Å². The van der Waals surface area contributed by atoms with E-state index in [2.05, 4.69) is 38.7 Å². The summed E-state index contributed by atoms with van der Waals surface area (Å²) in [4.78, 5) is 46.5. The van der Waals surface area contributed by atoms with Crippen molar-refractivity contribution in [3.8, 4) is 0 Å². The molecule has 1 saturated heterocycles. The van der Waals surface area contributed by atoms with Gasteiger partial charge in [-0.25, -0.2) is 4.90 Å². The standard InChI is InChI=1S/C28H31N3O3/c1-27(2)24(28(27,3)4)26(34)30(15-14-18-17-29-21-13-9-8-12-20(18)21)22-16-23(32)31(25(22)33)19-10-6-5-7-11-19/h5-13,17,22,24,29H,14-16H2,1-4H3. The molecule has 1 unspecified atom stereocenters. The molecule has 176 valence electrons. The van der Waals surface area contributed by atoms with Gasteiger partial charge in [0.25, 0.3) is 5.91 Å². The first-order chi connectivity index (χ1) is 16.1. The molecule has 2 fully saturated rings. The molecule has 0 bridgehead atoms. The Balaban J connectivity index is 1.45. The maximum absolute atomic E-state index is 13.9. The Bertz CT molecular complexity index is 1260. The summed E-state index contributed by atoms with van der Waals surface area (Å²) in [6.07, 6.45) is 2.59. The van der Waals surface area contributed by atoms with Crippen molar-refractivity contribution in [3.63, 3.8) is 0 Å². The molecule has 34 heavy (non-hydrogen) atoms. The van der Waals surface area contributed by atoms with Crippen molar-refractivity contribution in [2.24, 2.45) is 16.7 Å². The summed E-state index contributed by atoms with van der Waals surface area (Å²) < 4.78 is 0. The van der Waals surface area contributed by atoms with Gasteiger partial charge in [-0.1, -0.05) is 64.1 Å². The Morgan fingerprint density at radius 2 is 1.65 bits per heavy atom. The topological polar surface area (TPSA) is 73.5 Å². The molecule has 2 heterocycles. The van der Waals surface area contributed by atoms with Crippen LogP contribution in [0.25, 0.3) is 10.9 Å². The van der Waals surface area contributed by atoms with Crippen molar-refractivity contribution >= 4 is 34.3 Å². The third kappa shape index (κ3) is 3.35. The molecule has 1 saturated carbocycles. The minimum Gasteiger partial charge on any atom is -0.361 e. The molecule has 6 heteroatoms. The van der Waals surface area contributed by atoms with Crippen molar-refractivity contribution in [2.45, 2.75) is 46.6 Å². The number of benzene rings is 2. The first-order valence-corrected chi connectivity index (χ1v) is 11.9. The number of fused-ring (bicyclic) bond motifs is 1. The second kappa shape index (κ2) is 7.83. The molecular weight excluding hydrogens is 426 g/mol. The molecule has 1 N–H and O–H groups in total. The molecule has 1 aliphatic heterocycles. The number of imide groups is 1. The zero-order valence-electron chi connectivity index (χ0n) is 20.2.